The van der Waals surface area contributed by atoms with Gasteiger partial charge in [-0.15, -0.1) is 0 Å². The van der Waals surface area contributed by atoms with E-state index in [1.54, 1.807) is 6.92 Å². The van der Waals surface area contributed by atoms with Crippen LogP contribution in [0.5, 0.6) is 0 Å². The summed E-state index contributed by atoms with van der Waals surface area (Å²) in [6.45, 7) is 7.24. The highest BCUT2D eigenvalue weighted by atomic mass is 16.7. The highest BCUT2D eigenvalue weighted by molar-refractivity contribution is 5.70. The van der Waals surface area contributed by atoms with Crippen molar-refractivity contribution in [3.63, 3.8) is 0 Å². The Bertz CT molecular complexity index is 288. The van der Waals surface area contributed by atoms with Gasteiger partial charge in [0, 0.05) is 26.7 Å². The Morgan fingerprint density at radius 3 is 2.05 bits per heavy atom. The Balaban J connectivity index is 4.29. The average Bonchev–Trinajstić information content (AvgIpc) is 2.34. The summed E-state index contributed by atoms with van der Waals surface area (Å²) in [6, 6.07) is 0. The molecule has 20 heavy (non-hydrogen) atoms. The fraction of sp³-hybridized carbons (Fsp3) is 0.875. The van der Waals surface area contributed by atoms with Crippen LogP contribution in [0.1, 0.15) is 85.5 Å². The second-order valence-corrected chi connectivity index (χ2v) is 5.47. The van der Waals surface area contributed by atoms with Crippen molar-refractivity contribution in [3.05, 3.63) is 0 Å². The molecule has 0 aromatic carbocycles. The molecule has 0 rings (SSSR count). The third-order valence-corrected chi connectivity index (χ3v) is 3.16. The van der Waals surface area contributed by atoms with Crippen molar-refractivity contribution >= 4 is 11.9 Å². The van der Waals surface area contributed by atoms with E-state index in [9.17, 15) is 9.59 Å². The standard InChI is InChI=1S/C16H30O4/c1-5-7-9-11-13-16(4,19-14(3)17)20-15(18)12-10-8-6-2/h5-13H2,1-4H3. The lowest BCUT2D eigenvalue weighted by atomic mass is 10.1. The van der Waals surface area contributed by atoms with Gasteiger partial charge >= 0.3 is 11.9 Å². The van der Waals surface area contributed by atoms with Crippen LogP contribution in [-0.2, 0) is 19.1 Å². The van der Waals surface area contributed by atoms with Crippen molar-refractivity contribution in [1.29, 1.82) is 0 Å². The van der Waals surface area contributed by atoms with Crippen LogP contribution >= 0.6 is 0 Å². The van der Waals surface area contributed by atoms with Crippen molar-refractivity contribution in [3.8, 4) is 0 Å². The normalized spacial score (nSPS) is 13.6. The molecule has 0 fully saturated rings. The molecule has 0 radical (unpaired) electrons. The molecule has 0 aromatic rings. The van der Waals surface area contributed by atoms with Gasteiger partial charge in [0.15, 0.2) is 0 Å². The summed E-state index contributed by atoms with van der Waals surface area (Å²) < 4.78 is 10.6. The number of carbonyl (C=O) groups is 2. The average molecular weight is 286 g/mol. The number of hydrogen-bond acceptors (Lipinski definition) is 4. The summed E-state index contributed by atoms with van der Waals surface area (Å²) in [4.78, 5) is 23.0. The van der Waals surface area contributed by atoms with Gasteiger partial charge in [0.25, 0.3) is 5.79 Å². The minimum atomic E-state index is -1.11. The van der Waals surface area contributed by atoms with Crippen molar-refractivity contribution in [2.45, 2.75) is 91.3 Å². The zero-order chi connectivity index (χ0) is 15.4. The predicted octanol–water partition coefficient (Wildman–Crippen LogP) is 4.36. The summed E-state index contributed by atoms with van der Waals surface area (Å²) in [7, 11) is 0. The summed E-state index contributed by atoms with van der Waals surface area (Å²) in [5.41, 5.74) is 0. The first kappa shape index (κ1) is 18.9. The smallest absolute Gasteiger partial charge is 0.309 e. The number of esters is 2. The van der Waals surface area contributed by atoms with Crippen molar-refractivity contribution < 1.29 is 19.1 Å². The minimum absolute atomic E-state index is 0.280. The molecular formula is C16H30O4. The molecule has 0 aliphatic carbocycles. The maximum Gasteiger partial charge on any atom is 0.309 e. The molecule has 0 aromatic heterocycles. The SMILES string of the molecule is CCCCCCC(C)(OC(C)=O)OC(=O)CCCCC. The number of ether oxygens (including phenoxy) is 2. The highest BCUT2D eigenvalue weighted by Gasteiger charge is 2.31. The van der Waals surface area contributed by atoms with Gasteiger partial charge in [0.1, 0.15) is 0 Å². The molecule has 0 saturated heterocycles. The molecule has 118 valence electrons. The second-order valence-electron chi connectivity index (χ2n) is 5.47. The van der Waals surface area contributed by atoms with Gasteiger partial charge < -0.3 is 9.47 Å². The molecule has 0 aliphatic heterocycles. The topological polar surface area (TPSA) is 52.6 Å². The third-order valence-electron chi connectivity index (χ3n) is 3.16. The highest BCUT2D eigenvalue weighted by Crippen LogP contribution is 2.23. The molecular weight excluding hydrogens is 256 g/mol. The zero-order valence-corrected chi connectivity index (χ0v) is 13.5. The van der Waals surface area contributed by atoms with Crippen LogP contribution in [0.3, 0.4) is 0 Å². The van der Waals surface area contributed by atoms with Crippen LogP contribution in [-0.4, -0.2) is 17.7 Å². The van der Waals surface area contributed by atoms with Crippen molar-refractivity contribution in [1.82, 2.24) is 0 Å². The molecule has 1 unspecified atom stereocenters. The van der Waals surface area contributed by atoms with E-state index < -0.39 is 11.8 Å². The third kappa shape index (κ3) is 9.82. The molecule has 0 bridgehead atoms. The lowest BCUT2D eigenvalue weighted by molar-refractivity contribution is -0.223. The molecule has 0 heterocycles. The van der Waals surface area contributed by atoms with E-state index in [2.05, 4.69) is 13.8 Å². The Hall–Kier alpha value is -1.06. The number of rotatable bonds is 11. The van der Waals surface area contributed by atoms with Crippen LogP contribution in [0.2, 0.25) is 0 Å². The van der Waals surface area contributed by atoms with E-state index >= 15 is 0 Å². The quantitative estimate of drug-likeness (QED) is 0.322. The molecule has 0 saturated carbocycles. The van der Waals surface area contributed by atoms with E-state index in [0.717, 1.165) is 44.9 Å². The van der Waals surface area contributed by atoms with Gasteiger partial charge in [-0.3, -0.25) is 9.59 Å². The summed E-state index contributed by atoms with van der Waals surface area (Å²) in [6.07, 6.45) is 8.07. The minimum Gasteiger partial charge on any atom is -0.423 e. The fourth-order valence-electron chi connectivity index (χ4n) is 2.11. The lowest BCUT2D eigenvalue weighted by Crippen LogP contribution is -2.36. The maximum absolute atomic E-state index is 11.8. The molecule has 4 nitrogen and oxygen atoms in total. The van der Waals surface area contributed by atoms with E-state index in [1.807, 2.05) is 0 Å². The van der Waals surface area contributed by atoms with Gasteiger partial charge in [-0.25, -0.2) is 0 Å². The number of carbonyl (C=O) groups excluding carboxylic acids is 2. The number of unbranched alkanes of at least 4 members (excludes halogenated alkanes) is 5. The van der Waals surface area contributed by atoms with E-state index in [4.69, 9.17) is 9.47 Å². The fourth-order valence-corrected chi connectivity index (χ4v) is 2.11. The van der Waals surface area contributed by atoms with Crippen LogP contribution in [0.4, 0.5) is 0 Å². The first-order valence-electron chi connectivity index (χ1n) is 7.85. The van der Waals surface area contributed by atoms with Gasteiger partial charge in [-0.2, -0.15) is 0 Å². The van der Waals surface area contributed by atoms with Crippen LogP contribution < -0.4 is 0 Å². The molecule has 0 N–H and O–H groups in total. The van der Waals surface area contributed by atoms with Crippen molar-refractivity contribution in [2.75, 3.05) is 0 Å². The van der Waals surface area contributed by atoms with Crippen LogP contribution in [0, 0.1) is 0 Å². The Morgan fingerprint density at radius 2 is 1.50 bits per heavy atom. The van der Waals surface area contributed by atoms with Gasteiger partial charge in [-0.05, 0) is 12.8 Å². The van der Waals surface area contributed by atoms with Crippen LogP contribution in [0.25, 0.3) is 0 Å². The van der Waals surface area contributed by atoms with Gasteiger partial charge in [0.2, 0.25) is 0 Å². The van der Waals surface area contributed by atoms with E-state index in [1.165, 1.54) is 6.92 Å². The van der Waals surface area contributed by atoms with E-state index in [0.29, 0.717) is 12.8 Å². The predicted molar refractivity (Wildman–Crippen MR) is 79.2 cm³/mol. The number of hydrogen-bond donors (Lipinski definition) is 0. The van der Waals surface area contributed by atoms with Crippen LogP contribution in [0.15, 0.2) is 0 Å². The van der Waals surface area contributed by atoms with Crippen molar-refractivity contribution in [2.24, 2.45) is 0 Å². The molecule has 0 amide bonds. The Kier molecular flexibility index (Phi) is 10.1. The molecule has 0 spiro atoms. The molecule has 0 aliphatic rings. The van der Waals surface area contributed by atoms with Gasteiger partial charge in [0.05, 0.1) is 0 Å². The summed E-state index contributed by atoms with van der Waals surface area (Å²) in [5, 5.41) is 0. The molecule has 4 heteroatoms. The largest absolute Gasteiger partial charge is 0.423 e. The zero-order valence-electron chi connectivity index (χ0n) is 13.5. The summed E-state index contributed by atoms with van der Waals surface area (Å²) in [5.74, 6) is -1.80. The van der Waals surface area contributed by atoms with E-state index in [-0.39, 0.29) is 5.97 Å². The summed E-state index contributed by atoms with van der Waals surface area (Å²) >= 11 is 0. The lowest BCUT2D eigenvalue weighted by Gasteiger charge is -2.28. The van der Waals surface area contributed by atoms with Gasteiger partial charge in [-0.1, -0.05) is 46.0 Å². The maximum atomic E-state index is 11.8. The Labute approximate surface area is 123 Å². The molecule has 1 atom stereocenters. The Morgan fingerprint density at radius 1 is 0.900 bits per heavy atom. The first-order chi connectivity index (χ1) is 9.43. The second kappa shape index (κ2) is 10.7. The monoisotopic (exact) mass is 286 g/mol. The first-order valence-corrected chi connectivity index (χ1v) is 7.85.